The van der Waals surface area contributed by atoms with E-state index in [1.165, 1.54) is 6.07 Å². The van der Waals surface area contributed by atoms with Crippen LogP contribution in [-0.4, -0.2) is 25.1 Å². The van der Waals surface area contributed by atoms with Crippen LogP contribution in [0, 0.1) is 11.2 Å². The number of hydrogen-bond acceptors (Lipinski definition) is 2. The van der Waals surface area contributed by atoms with Crippen molar-refractivity contribution in [3.63, 3.8) is 0 Å². The fourth-order valence-electron chi connectivity index (χ4n) is 1.58. The number of nitrogen functional groups attached to an aromatic ring is 1. The minimum Gasteiger partial charge on any atom is -0.384 e. The van der Waals surface area contributed by atoms with E-state index < -0.39 is 24.4 Å². The van der Waals surface area contributed by atoms with E-state index in [-0.39, 0.29) is 17.8 Å². The van der Waals surface area contributed by atoms with Gasteiger partial charge in [0.25, 0.3) is 0 Å². The molecule has 0 bridgehead atoms. The predicted molar refractivity (Wildman–Crippen MR) is 61.4 cm³/mol. The Morgan fingerprint density at radius 3 is 2.44 bits per heavy atom. The van der Waals surface area contributed by atoms with Gasteiger partial charge >= 0.3 is 6.18 Å². The number of halogens is 4. The monoisotopic (exact) mass is 263 g/mol. The standard InChI is InChI=1S/C11H13F4N3/c1-2-18(6-11(13,14)15)9-4-3-7(12)5-8(9)10(16)17/h3-5H,2,6H2,1H3,(H3,16,17). The maximum Gasteiger partial charge on any atom is 0.405 e. The second-order valence-corrected chi connectivity index (χ2v) is 3.70. The Morgan fingerprint density at radius 1 is 1.39 bits per heavy atom. The van der Waals surface area contributed by atoms with Crippen molar-refractivity contribution >= 4 is 11.5 Å². The Balaban J connectivity index is 3.17. The Morgan fingerprint density at radius 2 is 2.00 bits per heavy atom. The molecule has 0 atom stereocenters. The number of alkyl halides is 3. The summed E-state index contributed by atoms with van der Waals surface area (Å²) in [5.41, 5.74) is 5.31. The summed E-state index contributed by atoms with van der Waals surface area (Å²) < 4.78 is 50.2. The summed E-state index contributed by atoms with van der Waals surface area (Å²) in [6.07, 6.45) is -4.38. The largest absolute Gasteiger partial charge is 0.405 e. The van der Waals surface area contributed by atoms with Gasteiger partial charge in [-0.2, -0.15) is 13.2 Å². The minimum absolute atomic E-state index is 0.0406. The van der Waals surface area contributed by atoms with Gasteiger partial charge in [0, 0.05) is 17.8 Å². The van der Waals surface area contributed by atoms with Gasteiger partial charge in [0.05, 0.1) is 0 Å². The van der Waals surface area contributed by atoms with Gasteiger partial charge in [-0.05, 0) is 25.1 Å². The van der Waals surface area contributed by atoms with Gasteiger partial charge in [0.2, 0.25) is 0 Å². The Kier molecular flexibility index (Phi) is 4.15. The molecule has 100 valence electrons. The summed E-state index contributed by atoms with van der Waals surface area (Å²) >= 11 is 0. The molecule has 0 aliphatic heterocycles. The van der Waals surface area contributed by atoms with Crippen LogP contribution in [0.5, 0.6) is 0 Å². The number of anilines is 1. The lowest BCUT2D eigenvalue weighted by atomic mass is 10.1. The zero-order valence-corrected chi connectivity index (χ0v) is 9.68. The lowest BCUT2D eigenvalue weighted by Crippen LogP contribution is -2.35. The van der Waals surface area contributed by atoms with Gasteiger partial charge in [0.15, 0.2) is 0 Å². The second kappa shape index (κ2) is 5.24. The average Bonchev–Trinajstić information content (AvgIpc) is 2.24. The zero-order chi connectivity index (χ0) is 13.9. The van der Waals surface area contributed by atoms with E-state index in [2.05, 4.69) is 0 Å². The van der Waals surface area contributed by atoms with Crippen LogP contribution in [0.2, 0.25) is 0 Å². The SMILES string of the molecule is CCN(CC(F)(F)F)c1ccc(F)cc1C(=N)N. The first-order chi connectivity index (χ1) is 8.24. The fourth-order valence-corrected chi connectivity index (χ4v) is 1.58. The molecule has 3 nitrogen and oxygen atoms in total. The number of hydrogen-bond donors (Lipinski definition) is 2. The molecule has 0 aromatic heterocycles. The molecule has 7 heteroatoms. The maximum atomic E-state index is 13.0. The van der Waals surface area contributed by atoms with Crippen LogP contribution in [0.3, 0.4) is 0 Å². The highest BCUT2D eigenvalue weighted by Gasteiger charge is 2.31. The van der Waals surface area contributed by atoms with Crippen molar-refractivity contribution in [3.05, 3.63) is 29.6 Å². The van der Waals surface area contributed by atoms with E-state index in [9.17, 15) is 17.6 Å². The number of rotatable bonds is 4. The van der Waals surface area contributed by atoms with Crippen molar-refractivity contribution in [1.82, 2.24) is 0 Å². The summed E-state index contributed by atoms with van der Waals surface area (Å²) in [6, 6.07) is 3.19. The van der Waals surface area contributed by atoms with Gasteiger partial charge < -0.3 is 10.6 Å². The van der Waals surface area contributed by atoms with Crippen LogP contribution >= 0.6 is 0 Å². The molecular weight excluding hydrogens is 250 g/mol. The molecule has 0 spiro atoms. The Bertz CT molecular complexity index is 442. The van der Waals surface area contributed by atoms with Gasteiger partial charge in [-0.15, -0.1) is 0 Å². The van der Waals surface area contributed by atoms with Crippen LogP contribution in [0.15, 0.2) is 18.2 Å². The molecule has 0 aliphatic rings. The van der Waals surface area contributed by atoms with E-state index in [4.69, 9.17) is 11.1 Å². The molecule has 3 N–H and O–H groups in total. The first kappa shape index (κ1) is 14.3. The molecule has 0 aliphatic carbocycles. The molecule has 0 saturated heterocycles. The molecule has 0 heterocycles. The summed E-state index contributed by atoms with van der Waals surface area (Å²) in [4.78, 5) is 0.996. The normalized spacial score (nSPS) is 11.4. The third-order valence-corrected chi connectivity index (χ3v) is 2.34. The van der Waals surface area contributed by atoms with Crippen molar-refractivity contribution < 1.29 is 17.6 Å². The minimum atomic E-state index is -4.38. The Labute approximate surface area is 102 Å². The number of benzene rings is 1. The first-order valence-electron chi connectivity index (χ1n) is 5.20. The molecule has 0 fully saturated rings. The quantitative estimate of drug-likeness (QED) is 0.498. The van der Waals surface area contributed by atoms with E-state index in [0.29, 0.717) is 0 Å². The Hall–Kier alpha value is -1.79. The van der Waals surface area contributed by atoms with Crippen LogP contribution in [0.4, 0.5) is 23.2 Å². The molecular formula is C11H13F4N3. The van der Waals surface area contributed by atoms with Crippen molar-refractivity contribution in [2.75, 3.05) is 18.0 Å². The average molecular weight is 263 g/mol. The lowest BCUT2D eigenvalue weighted by Gasteiger charge is -2.26. The second-order valence-electron chi connectivity index (χ2n) is 3.70. The fraction of sp³-hybridized carbons (Fsp3) is 0.364. The topological polar surface area (TPSA) is 53.1 Å². The number of nitrogens with two attached hydrogens (primary N) is 1. The highest BCUT2D eigenvalue weighted by Crippen LogP contribution is 2.25. The highest BCUT2D eigenvalue weighted by atomic mass is 19.4. The van der Waals surface area contributed by atoms with Gasteiger partial charge in [0.1, 0.15) is 18.2 Å². The van der Waals surface area contributed by atoms with Crippen molar-refractivity contribution in [3.8, 4) is 0 Å². The maximum absolute atomic E-state index is 13.0. The summed E-state index contributed by atoms with van der Waals surface area (Å²) in [5.74, 6) is -1.11. The smallest absolute Gasteiger partial charge is 0.384 e. The molecule has 1 rings (SSSR count). The molecule has 1 aromatic rings. The molecule has 18 heavy (non-hydrogen) atoms. The highest BCUT2D eigenvalue weighted by molar-refractivity contribution is 6.00. The number of nitrogens with zero attached hydrogens (tertiary/aromatic N) is 1. The predicted octanol–water partition coefficient (Wildman–Crippen LogP) is 2.50. The van der Waals surface area contributed by atoms with E-state index >= 15 is 0 Å². The van der Waals surface area contributed by atoms with Crippen LogP contribution < -0.4 is 10.6 Å². The number of amidine groups is 1. The van der Waals surface area contributed by atoms with Crippen LogP contribution in [-0.2, 0) is 0 Å². The first-order valence-corrected chi connectivity index (χ1v) is 5.20. The third kappa shape index (κ3) is 3.61. The van der Waals surface area contributed by atoms with Gasteiger partial charge in [-0.25, -0.2) is 4.39 Å². The van der Waals surface area contributed by atoms with E-state index in [1.54, 1.807) is 6.92 Å². The molecule has 0 unspecified atom stereocenters. The van der Waals surface area contributed by atoms with Crippen molar-refractivity contribution in [2.24, 2.45) is 5.73 Å². The zero-order valence-electron chi connectivity index (χ0n) is 9.68. The molecule has 0 radical (unpaired) electrons. The van der Waals surface area contributed by atoms with Crippen molar-refractivity contribution in [1.29, 1.82) is 5.41 Å². The third-order valence-electron chi connectivity index (χ3n) is 2.34. The molecule has 0 saturated carbocycles. The van der Waals surface area contributed by atoms with E-state index in [0.717, 1.165) is 17.0 Å². The van der Waals surface area contributed by atoms with Gasteiger partial charge in [-0.1, -0.05) is 0 Å². The summed E-state index contributed by atoms with van der Waals surface area (Å²) in [7, 11) is 0. The van der Waals surface area contributed by atoms with Gasteiger partial charge in [-0.3, -0.25) is 5.41 Å². The van der Waals surface area contributed by atoms with E-state index in [1.807, 2.05) is 0 Å². The molecule has 1 aromatic carbocycles. The van der Waals surface area contributed by atoms with Crippen LogP contribution in [0.25, 0.3) is 0 Å². The number of nitrogens with one attached hydrogen (secondary N) is 1. The van der Waals surface area contributed by atoms with Crippen molar-refractivity contribution in [2.45, 2.75) is 13.1 Å². The molecule has 0 amide bonds. The lowest BCUT2D eigenvalue weighted by molar-refractivity contribution is -0.119. The van der Waals surface area contributed by atoms with Crippen LogP contribution in [0.1, 0.15) is 12.5 Å². The summed E-state index contributed by atoms with van der Waals surface area (Å²) in [6.45, 7) is 0.444. The summed E-state index contributed by atoms with van der Waals surface area (Å²) in [5, 5.41) is 7.28.